The van der Waals surface area contributed by atoms with Crippen LogP contribution in [0.3, 0.4) is 0 Å². The van der Waals surface area contributed by atoms with E-state index >= 15 is 0 Å². The SMILES string of the molecule is CC1(C)Oc2ccc3ccccc3c2[C@@H]2OCCC[C@H]21. The first-order valence-corrected chi connectivity index (χ1v) is 7.49. The largest absolute Gasteiger partial charge is 0.487 e. The lowest BCUT2D eigenvalue weighted by molar-refractivity contribution is -0.115. The molecule has 0 bridgehead atoms. The number of rotatable bonds is 0. The number of fused-ring (bicyclic) bond motifs is 5. The summed E-state index contributed by atoms with van der Waals surface area (Å²) in [5, 5.41) is 2.54. The van der Waals surface area contributed by atoms with Crippen molar-refractivity contribution in [3.05, 3.63) is 42.0 Å². The van der Waals surface area contributed by atoms with Crippen molar-refractivity contribution >= 4 is 10.8 Å². The molecule has 0 radical (unpaired) electrons. The van der Waals surface area contributed by atoms with E-state index in [1.165, 1.54) is 22.8 Å². The Bertz CT molecular complexity index is 660. The van der Waals surface area contributed by atoms with Crippen LogP contribution in [0.15, 0.2) is 36.4 Å². The Balaban J connectivity index is 1.97. The van der Waals surface area contributed by atoms with Crippen LogP contribution in [0.5, 0.6) is 5.75 Å². The molecule has 1 saturated heterocycles. The molecule has 2 aliphatic rings. The van der Waals surface area contributed by atoms with Crippen molar-refractivity contribution in [1.82, 2.24) is 0 Å². The van der Waals surface area contributed by atoms with Crippen molar-refractivity contribution in [3.8, 4) is 5.75 Å². The Labute approximate surface area is 119 Å². The molecular formula is C18H20O2. The van der Waals surface area contributed by atoms with E-state index in [9.17, 15) is 0 Å². The number of hydrogen-bond donors (Lipinski definition) is 0. The third-order valence-electron chi connectivity index (χ3n) is 4.80. The lowest BCUT2D eigenvalue weighted by atomic mass is 9.75. The summed E-state index contributed by atoms with van der Waals surface area (Å²) < 4.78 is 12.5. The fraction of sp³-hybridized carbons (Fsp3) is 0.444. The van der Waals surface area contributed by atoms with Gasteiger partial charge in [-0.15, -0.1) is 0 Å². The molecule has 2 nitrogen and oxygen atoms in total. The minimum absolute atomic E-state index is 0.152. The van der Waals surface area contributed by atoms with Gasteiger partial charge in [-0.25, -0.2) is 0 Å². The molecule has 0 aliphatic carbocycles. The molecule has 0 unspecified atom stereocenters. The van der Waals surface area contributed by atoms with Gasteiger partial charge in [0.25, 0.3) is 0 Å². The highest BCUT2D eigenvalue weighted by Gasteiger charge is 2.46. The monoisotopic (exact) mass is 268 g/mol. The van der Waals surface area contributed by atoms with Gasteiger partial charge in [0.05, 0.1) is 6.10 Å². The van der Waals surface area contributed by atoms with Crippen LogP contribution in [-0.2, 0) is 4.74 Å². The Morgan fingerprint density at radius 3 is 2.85 bits per heavy atom. The minimum atomic E-state index is -0.152. The van der Waals surface area contributed by atoms with Gasteiger partial charge in [0.1, 0.15) is 11.4 Å². The van der Waals surface area contributed by atoms with E-state index in [1.54, 1.807) is 0 Å². The van der Waals surface area contributed by atoms with Crippen LogP contribution in [0.1, 0.15) is 38.4 Å². The van der Waals surface area contributed by atoms with Crippen molar-refractivity contribution in [2.75, 3.05) is 6.61 Å². The topological polar surface area (TPSA) is 18.5 Å². The zero-order valence-corrected chi connectivity index (χ0v) is 12.1. The summed E-state index contributed by atoms with van der Waals surface area (Å²) in [6, 6.07) is 12.8. The van der Waals surface area contributed by atoms with E-state index in [0.29, 0.717) is 5.92 Å². The Hall–Kier alpha value is -1.54. The van der Waals surface area contributed by atoms with E-state index in [0.717, 1.165) is 18.8 Å². The molecule has 0 aromatic heterocycles. The number of ether oxygens (including phenoxy) is 2. The molecule has 2 aliphatic heterocycles. The molecule has 0 saturated carbocycles. The third kappa shape index (κ3) is 1.68. The first-order valence-electron chi connectivity index (χ1n) is 7.49. The quantitative estimate of drug-likeness (QED) is 0.701. The van der Waals surface area contributed by atoms with Crippen LogP contribution >= 0.6 is 0 Å². The molecule has 0 spiro atoms. The molecule has 20 heavy (non-hydrogen) atoms. The molecule has 0 N–H and O–H groups in total. The summed E-state index contributed by atoms with van der Waals surface area (Å²) in [5.74, 6) is 1.44. The van der Waals surface area contributed by atoms with Gasteiger partial charge in [-0.3, -0.25) is 0 Å². The normalized spacial score (nSPS) is 27.5. The van der Waals surface area contributed by atoms with Crippen molar-refractivity contribution in [2.24, 2.45) is 5.92 Å². The fourth-order valence-electron chi connectivity index (χ4n) is 3.79. The summed E-state index contributed by atoms with van der Waals surface area (Å²) in [7, 11) is 0. The lowest BCUT2D eigenvalue weighted by Crippen LogP contribution is -2.47. The standard InChI is InChI=1S/C18H20O2/c1-18(2)14-8-5-11-19-17(14)16-13-7-4-3-6-12(13)9-10-15(16)20-18/h3-4,6-7,9-10,14,17H,5,8,11H2,1-2H3/t14-,17-/m1/s1. The fourth-order valence-corrected chi connectivity index (χ4v) is 3.79. The highest BCUT2D eigenvalue weighted by atomic mass is 16.5. The summed E-state index contributed by atoms with van der Waals surface area (Å²) in [6.07, 6.45) is 2.49. The maximum atomic E-state index is 6.32. The first-order chi connectivity index (χ1) is 9.67. The molecule has 2 heterocycles. The molecule has 2 heteroatoms. The van der Waals surface area contributed by atoms with E-state index < -0.39 is 0 Å². The summed E-state index contributed by atoms with van der Waals surface area (Å²) >= 11 is 0. The Morgan fingerprint density at radius 1 is 1.10 bits per heavy atom. The van der Waals surface area contributed by atoms with Crippen molar-refractivity contribution in [1.29, 1.82) is 0 Å². The van der Waals surface area contributed by atoms with Gasteiger partial charge >= 0.3 is 0 Å². The average molecular weight is 268 g/mol. The minimum Gasteiger partial charge on any atom is -0.487 e. The number of hydrogen-bond acceptors (Lipinski definition) is 2. The zero-order valence-electron chi connectivity index (χ0n) is 12.1. The molecular weight excluding hydrogens is 248 g/mol. The second-order valence-electron chi connectivity index (χ2n) is 6.44. The van der Waals surface area contributed by atoms with E-state index in [2.05, 4.69) is 50.2 Å². The second-order valence-corrected chi connectivity index (χ2v) is 6.44. The first kappa shape index (κ1) is 12.2. The van der Waals surface area contributed by atoms with Crippen LogP contribution in [0, 0.1) is 5.92 Å². The van der Waals surface area contributed by atoms with Crippen molar-refractivity contribution in [2.45, 2.75) is 38.4 Å². The number of benzene rings is 2. The predicted molar refractivity (Wildman–Crippen MR) is 80.1 cm³/mol. The Morgan fingerprint density at radius 2 is 1.95 bits per heavy atom. The van der Waals surface area contributed by atoms with Gasteiger partial charge in [0.15, 0.2) is 0 Å². The highest BCUT2D eigenvalue weighted by Crippen LogP contribution is 2.51. The second kappa shape index (κ2) is 4.23. The molecule has 104 valence electrons. The van der Waals surface area contributed by atoms with Gasteiger partial charge in [-0.1, -0.05) is 30.3 Å². The van der Waals surface area contributed by atoms with Crippen molar-refractivity contribution < 1.29 is 9.47 Å². The van der Waals surface area contributed by atoms with Gasteiger partial charge in [0.2, 0.25) is 0 Å². The third-order valence-corrected chi connectivity index (χ3v) is 4.80. The molecule has 4 rings (SSSR count). The lowest BCUT2D eigenvalue weighted by Gasteiger charge is -2.47. The molecule has 2 aromatic rings. The van der Waals surface area contributed by atoms with Gasteiger partial charge < -0.3 is 9.47 Å². The smallest absolute Gasteiger partial charge is 0.126 e. The Kier molecular flexibility index (Phi) is 2.58. The van der Waals surface area contributed by atoms with Crippen LogP contribution in [0.25, 0.3) is 10.8 Å². The van der Waals surface area contributed by atoms with Crippen LogP contribution in [-0.4, -0.2) is 12.2 Å². The van der Waals surface area contributed by atoms with Gasteiger partial charge in [0, 0.05) is 18.1 Å². The van der Waals surface area contributed by atoms with Crippen LogP contribution < -0.4 is 4.74 Å². The molecule has 1 fully saturated rings. The van der Waals surface area contributed by atoms with E-state index in [1.807, 2.05) is 0 Å². The van der Waals surface area contributed by atoms with Crippen LogP contribution in [0.2, 0.25) is 0 Å². The molecule has 2 atom stereocenters. The summed E-state index contributed by atoms with van der Waals surface area (Å²) in [4.78, 5) is 0. The predicted octanol–water partition coefficient (Wildman–Crippen LogP) is 4.48. The summed E-state index contributed by atoms with van der Waals surface area (Å²) in [6.45, 7) is 5.24. The molecule has 2 aromatic carbocycles. The highest BCUT2D eigenvalue weighted by molar-refractivity contribution is 5.88. The van der Waals surface area contributed by atoms with Gasteiger partial charge in [-0.2, -0.15) is 0 Å². The van der Waals surface area contributed by atoms with Crippen LogP contribution in [0.4, 0.5) is 0 Å². The average Bonchev–Trinajstić information content (AvgIpc) is 2.46. The summed E-state index contributed by atoms with van der Waals surface area (Å²) in [5.41, 5.74) is 1.10. The van der Waals surface area contributed by atoms with Crippen molar-refractivity contribution in [3.63, 3.8) is 0 Å². The maximum Gasteiger partial charge on any atom is 0.126 e. The maximum absolute atomic E-state index is 6.32. The molecule has 0 amide bonds. The zero-order chi connectivity index (χ0) is 13.7. The van der Waals surface area contributed by atoms with Gasteiger partial charge in [-0.05, 0) is 43.5 Å². The van der Waals surface area contributed by atoms with E-state index in [-0.39, 0.29) is 11.7 Å². The van der Waals surface area contributed by atoms with E-state index in [4.69, 9.17) is 9.47 Å².